The standard InChI is InChI=1S/C13H9F4N2O3P/c1-6-2-8(4-10(23)11(6)19(20)21)22-12-9(14)3-7(5-18-12)13(15,16)17/h2-5H,23H2,1H3. The van der Waals surface area contributed by atoms with Gasteiger partial charge in [-0.05, 0) is 25.1 Å². The van der Waals surface area contributed by atoms with E-state index in [-0.39, 0.29) is 28.4 Å². The monoisotopic (exact) mass is 348 g/mol. The molecule has 0 saturated heterocycles. The molecule has 2 aromatic rings. The smallest absolute Gasteiger partial charge is 0.417 e. The number of nitro benzene ring substituents is 1. The normalized spacial score (nSPS) is 11.4. The number of rotatable bonds is 3. The van der Waals surface area contributed by atoms with Crippen LogP contribution in [-0.2, 0) is 6.18 Å². The molecule has 1 heterocycles. The van der Waals surface area contributed by atoms with Gasteiger partial charge in [-0.3, -0.25) is 10.1 Å². The fourth-order valence-corrected chi connectivity index (χ4v) is 2.35. The van der Waals surface area contributed by atoms with Crippen molar-refractivity contribution >= 4 is 20.2 Å². The lowest BCUT2D eigenvalue weighted by atomic mass is 10.2. The minimum Gasteiger partial charge on any atom is -0.436 e. The van der Waals surface area contributed by atoms with Crippen molar-refractivity contribution in [3.05, 3.63) is 51.5 Å². The van der Waals surface area contributed by atoms with Crippen LogP contribution in [0, 0.1) is 22.9 Å². The summed E-state index contributed by atoms with van der Waals surface area (Å²) in [5.41, 5.74) is -1.14. The van der Waals surface area contributed by atoms with E-state index in [1.165, 1.54) is 19.1 Å². The fourth-order valence-electron chi connectivity index (χ4n) is 1.85. The summed E-state index contributed by atoms with van der Waals surface area (Å²) < 4.78 is 56.1. The van der Waals surface area contributed by atoms with Gasteiger partial charge in [0.05, 0.1) is 15.8 Å². The predicted molar refractivity (Wildman–Crippen MR) is 76.4 cm³/mol. The first kappa shape index (κ1) is 17.1. The second kappa shape index (κ2) is 6.08. The number of ether oxygens (including phenoxy) is 1. The third-order valence-corrected chi connectivity index (χ3v) is 3.28. The van der Waals surface area contributed by atoms with Crippen LogP contribution in [0.2, 0.25) is 0 Å². The van der Waals surface area contributed by atoms with Gasteiger partial charge in [-0.25, -0.2) is 9.37 Å². The van der Waals surface area contributed by atoms with Crippen LogP contribution in [0.1, 0.15) is 11.1 Å². The largest absolute Gasteiger partial charge is 0.436 e. The molecule has 0 aliphatic carbocycles. The van der Waals surface area contributed by atoms with Crippen molar-refractivity contribution in [2.24, 2.45) is 0 Å². The first-order chi connectivity index (χ1) is 10.6. The molecule has 1 unspecified atom stereocenters. The molecular weight excluding hydrogens is 339 g/mol. The summed E-state index contributed by atoms with van der Waals surface area (Å²) >= 11 is 0. The maximum absolute atomic E-state index is 13.7. The van der Waals surface area contributed by atoms with E-state index in [0.717, 1.165) is 0 Å². The molecule has 0 amide bonds. The van der Waals surface area contributed by atoms with E-state index in [1.807, 2.05) is 0 Å². The molecule has 2 rings (SSSR count). The zero-order valence-electron chi connectivity index (χ0n) is 11.5. The molecule has 0 bridgehead atoms. The average molecular weight is 348 g/mol. The number of hydrogen-bond acceptors (Lipinski definition) is 4. The molecule has 122 valence electrons. The Morgan fingerprint density at radius 3 is 2.43 bits per heavy atom. The molecular formula is C13H9F4N2O3P. The summed E-state index contributed by atoms with van der Waals surface area (Å²) in [5.74, 6) is -1.93. The number of pyridine rings is 1. The van der Waals surface area contributed by atoms with Crippen molar-refractivity contribution in [2.45, 2.75) is 13.1 Å². The van der Waals surface area contributed by atoms with Crippen molar-refractivity contribution in [1.82, 2.24) is 4.98 Å². The SMILES string of the molecule is Cc1cc(Oc2ncc(C(F)(F)F)cc2F)cc(P)c1[N+](=O)[O-]. The Hall–Kier alpha value is -2.28. The maximum Gasteiger partial charge on any atom is 0.417 e. The molecule has 0 saturated carbocycles. The van der Waals surface area contributed by atoms with Crippen molar-refractivity contribution in [2.75, 3.05) is 0 Å². The van der Waals surface area contributed by atoms with Gasteiger partial charge in [-0.2, -0.15) is 13.2 Å². The van der Waals surface area contributed by atoms with Crippen molar-refractivity contribution in [1.29, 1.82) is 0 Å². The zero-order chi connectivity index (χ0) is 17.4. The third kappa shape index (κ3) is 3.73. The first-order valence-corrected chi connectivity index (χ1v) is 6.62. The summed E-state index contributed by atoms with van der Waals surface area (Å²) in [5, 5.41) is 11.1. The van der Waals surface area contributed by atoms with Gasteiger partial charge in [-0.1, -0.05) is 9.24 Å². The highest BCUT2D eigenvalue weighted by molar-refractivity contribution is 7.28. The molecule has 1 aromatic carbocycles. The Labute approximate surface area is 129 Å². The number of aryl methyl sites for hydroxylation is 1. The Morgan fingerprint density at radius 1 is 1.30 bits per heavy atom. The van der Waals surface area contributed by atoms with E-state index in [2.05, 4.69) is 14.2 Å². The molecule has 0 aliphatic heterocycles. The Bertz CT molecular complexity index is 757. The van der Waals surface area contributed by atoms with Gasteiger partial charge in [0.25, 0.3) is 11.6 Å². The molecule has 5 nitrogen and oxygen atoms in total. The molecule has 0 N–H and O–H groups in total. The zero-order valence-corrected chi connectivity index (χ0v) is 12.7. The number of aromatic nitrogens is 1. The number of hydrogen-bond donors (Lipinski definition) is 0. The minimum atomic E-state index is -4.72. The average Bonchev–Trinajstić information content (AvgIpc) is 2.38. The molecule has 1 aromatic heterocycles. The highest BCUT2D eigenvalue weighted by atomic mass is 31.0. The van der Waals surface area contributed by atoms with Crippen molar-refractivity contribution < 1.29 is 27.2 Å². The molecule has 0 aliphatic rings. The van der Waals surface area contributed by atoms with Crippen LogP contribution in [0.15, 0.2) is 24.4 Å². The Kier molecular flexibility index (Phi) is 4.51. The van der Waals surface area contributed by atoms with Crippen LogP contribution in [0.3, 0.4) is 0 Å². The summed E-state index contributed by atoms with van der Waals surface area (Å²) in [6.45, 7) is 1.45. The molecule has 10 heteroatoms. The van der Waals surface area contributed by atoms with Crippen LogP contribution in [0.5, 0.6) is 11.6 Å². The second-order valence-corrected chi connectivity index (χ2v) is 5.17. The van der Waals surface area contributed by atoms with Crippen molar-refractivity contribution in [3.63, 3.8) is 0 Å². The van der Waals surface area contributed by atoms with E-state index in [9.17, 15) is 27.7 Å². The predicted octanol–water partition coefficient (Wildman–Crippen LogP) is 3.75. The van der Waals surface area contributed by atoms with Crippen LogP contribution in [0.25, 0.3) is 0 Å². The third-order valence-electron chi connectivity index (χ3n) is 2.84. The lowest BCUT2D eigenvalue weighted by Crippen LogP contribution is -2.08. The van der Waals surface area contributed by atoms with Gasteiger partial charge >= 0.3 is 6.18 Å². The summed E-state index contributed by atoms with van der Waals surface area (Å²) in [6.07, 6.45) is -4.28. The summed E-state index contributed by atoms with van der Waals surface area (Å²) in [7, 11) is 2.14. The van der Waals surface area contributed by atoms with E-state index in [1.54, 1.807) is 0 Å². The lowest BCUT2D eigenvalue weighted by molar-refractivity contribution is -0.384. The molecule has 0 spiro atoms. The van der Waals surface area contributed by atoms with E-state index in [4.69, 9.17) is 4.74 Å². The fraction of sp³-hybridized carbons (Fsp3) is 0.154. The van der Waals surface area contributed by atoms with Crippen LogP contribution < -0.4 is 10.0 Å². The summed E-state index contributed by atoms with van der Waals surface area (Å²) in [4.78, 5) is 13.6. The van der Waals surface area contributed by atoms with Crippen LogP contribution in [-0.4, -0.2) is 9.91 Å². The lowest BCUT2D eigenvalue weighted by Gasteiger charge is -2.10. The number of alkyl halides is 3. The van der Waals surface area contributed by atoms with Crippen LogP contribution >= 0.6 is 9.24 Å². The van der Waals surface area contributed by atoms with Gasteiger partial charge in [0.15, 0.2) is 5.82 Å². The number of halogens is 4. The van der Waals surface area contributed by atoms with Crippen molar-refractivity contribution in [3.8, 4) is 11.6 Å². The van der Waals surface area contributed by atoms with Gasteiger partial charge in [0, 0.05) is 11.8 Å². The summed E-state index contributed by atoms with van der Waals surface area (Å²) in [6, 6.07) is 2.78. The van der Waals surface area contributed by atoms with Gasteiger partial charge in [0.1, 0.15) is 5.75 Å². The van der Waals surface area contributed by atoms with Gasteiger partial charge < -0.3 is 4.74 Å². The number of benzene rings is 1. The number of nitro groups is 1. The Morgan fingerprint density at radius 2 is 1.96 bits per heavy atom. The molecule has 23 heavy (non-hydrogen) atoms. The maximum atomic E-state index is 13.7. The van der Waals surface area contributed by atoms with E-state index < -0.39 is 28.4 Å². The van der Waals surface area contributed by atoms with Gasteiger partial charge in [-0.15, -0.1) is 0 Å². The minimum absolute atomic E-state index is 0.0178. The molecule has 0 radical (unpaired) electrons. The van der Waals surface area contributed by atoms with Gasteiger partial charge in [0.2, 0.25) is 0 Å². The highest BCUT2D eigenvalue weighted by Gasteiger charge is 2.32. The quantitative estimate of drug-likeness (QED) is 0.367. The second-order valence-electron chi connectivity index (χ2n) is 4.55. The molecule has 0 fully saturated rings. The highest BCUT2D eigenvalue weighted by Crippen LogP contribution is 2.32. The Balaban J connectivity index is 2.35. The topological polar surface area (TPSA) is 65.3 Å². The van der Waals surface area contributed by atoms with Crippen LogP contribution in [0.4, 0.5) is 23.2 Å². The molecule has 1 atom stereocenters. The van der Waals surface area contributed by atoms with E-state index in [0.29, 0.717) is 6.20 Å². The first-order valence-electron chi connectivity index (χ1n) is 6.04. The van der Waals surface area contributed by atoms with E-state index >= 15 is 0 Å². The number of nitrogens with zero attached hydrogens (tertiary/aromatic N) is 2.